The molecule has 0 spiro atoms. The topological polar surface area (TPSA) is 85.4 Å². The minimum atomic E-state index is -1.03. The van der Waals surface area contributed by atoms with E-state index in [1.165, 1.54) is 7.11 Å². The number of hydrogen-bond donors (Lipinski definition) is 2. The molecule has 0 radical (unpaired) electrons. The summed E-state index contributed by atoms with van der Waals surface area (Å²) in [4.78, 5) is 14.9. The van der Waals surface area contributed by atoms with Crippen molar-refractivity contribution < 1.29 is 14.6 Å². The Morgan fingerprint density at radius 2 is 2.25 bits per heavy atom. The number of aliphatic carboxylic acids is 1. The van der Waals surface area contributed by atoms with Gasteiger partial charge in [0, 0.05) is 17.7 Å². The van der Waals surface area contributed by atoms with Crippen molar-refractivity contribution in [1.29, 1.82) is 0 Å². The van der Waals surface area contributed by atoms with E-state index >= 15 is 0 Å². The van der Waals surface area contributed by atoms with Crippen LogP contribution in [-0.4, -0.2) is 29.2 Å². The van der Waals surface area contributed by atoms with Gasteiger partial charge in [-0.2, -0.15) is 0 Å². The van der Waals surface area contributed by atoms with E-state index in [1.807, 2.05) is 0 Å². The number of nitrogens with zero attached hydrogens (tertiary/aromatic N) is 1. The first-order valence-electron chi connectivity index (χ1n) is 4.88. The van der Waals surface area contributed by atoms with Crippen LogP contribution in [0.1, 0.15) is 19.4 Å². The fourth-order valence-corrected chi connectivity index (χ4v) is 1.41. The number of carbonyl (C=O) groups is 1. The molecule has 3 N–H and O–H groups in total. The van der Waals surface area contributed by atoms with E-state index in [2.05, 4.69) is 4.98 Å². The molecule has 1 aromatic heterocycles. The van der Waals surface area contributed by atoms with Crippen LogP contribution in [-0.2, 0) is 10.2 Å². The normalized spacial score (nSPS) is 13.2. The number of carboxylic acid groups (broad SMARTS) is 1. The number of carboxylic acids is 1. The van der Waals surface area contributed by atoms with E-state index < -0.39 is 17.4 Å². The van der Waals surface area contributed by atoms with Gasteiger partial charge in [-0.3, -0.25) is 4.79 Å². The van der Waals surface area contributed by atoms with Crippen molar-refractivity contribution in [3.63, 3.8) is 0 Å². The van der Waals surface area contributed by atoms with E-state index in [1.54, 1.807) is 32.2 Å². The van der Waals surface area contributed by atoms with Crippen LogP contribution in [0.3, 0.4) is 0 Å². The van der Waals surface area contributed by atoms with E-state index in [0.717, 1.165) is 5.56 Å². The zero-order chi connectivity index (χ0) is 12.3. The molecule has 1 aromatic rings. The van der Waals surface area contributed by atoms with Crippen LogP contribution in [0.4, 0.5) is 0 Å². The highest BCUT2D eigenvalue weighted by Crippen LogP contribution is 2.27. The summed E-state index contributed by atoms with van der Waals surface area (Å²) in [5.41, 5.74) is 5.76. The van der Waals surface area contributed by atoms with E-state index in [0.29, 0.717) is 5.88 Å². The Balaban J connectivity index is 3.10. The van der Waals surface area contributed by atoms with Gasteiger partial charge in [0.1, 0.15) is 6.04 Å². The molecule has 0 saturated heterocycles. The minimum absolute atomic E-state index is 0.447. The first-order valence-corrected chi connectivity index (χ1v) is 4.88. The number of pyridine rings is 1. The van der Waals surface area contributed by atoms with E-state index in [4.69, 9.17) is 15.6 Å². The molecule has 1 heterocycles. The zero-order valence-electron chi connectivity index (χ0n) is 9.60. The molecule has 88 valence electrons. The highest BCUT2D eigenvalue weighted by molar-refractivity contribution is 5.75. The molecule has 16 heavy (non-hydrogen) atoms. The summed E-state index contributed by atoms with van der Waals surface area (Å²) in [5, 5.41) is 8.93. The monoisotopic (exact) mass is 224 g/mol. The average Bonchev–Trinajstić information content (AvgIpc) is 2.27. The van der Waals surface area contributed by atoms with Crippen LogP contribution in [0.5, 0.6) is 5.88 Å². The van der Waals surface area contributed by atoms with Crippen LogP contribution in [0.2, 0.25) is 0 Å². The molecule has 0 bridgehead atoms. The predicted octanol–water partition coefficient (Wildman–Crippen LogP) is 0.780. The summed E-state index contributed by atoms with van der Waals surface area (Å²) in [5.74, 6) is -0.580. The minimum Gasteiger partial charge on any atom is -0.481 e. The molecule has 1 unspecified atom stereocenters. The van der Waals surface area contributed by atoms with Crippen molar-refractivity contribution in [2.45, 2.75) is 25.3 Å². The van der Waals surface area contributed by atoms with Gasteiger partial charge in [0.2, 0.25) is 5.88 Å². The van der Waals surface area contributed by atoms with Crippen LogP contribution >= 0.6 is 0 Å². The molecule has 5 heteroatoms. The second-order valence-corrected chi connectivity index (χ2v) is 4.12. The number of methoxy groups -OCH3 is 1. The summed E-state index contributed by atoms with van der Waals surface area (Å²) in [7, 11) is 1.51. The fraction of sp³-hybridized carbons (Fsp3) is 0.455. The van der Waals surface area contributed by atoms with Gasteiger partial charge in [0.15, 0.2) is 0 Å². The smallest absolute Gasteiger partial charge is 0.321 e. The molecule has 0 amide bonds. The van der Waals surface area contributed by atoms with Crippen molar-refractivity contribution in [3.8, 4) is 5.88 Å². The van der Waals surface area contributed by atoms with Gasteiger partial charge in [-0.1, -0.05) is 13.8 Å². The van der Waals surface area contributed by atoms with E-state index in [-0.39, 0.29) is 0 Å². The lowest BCUT2D eigenvalue weighted by Crippen LogP contribution is -2.46. The van der Waals surface area contributed by atoms with Gasteiger partial charge in [-0.15, -0.1) is 0 Å². The molecule has 0 aliphatic rings. The van der Waals surface area contributed by atoms with E-state index in [9.17, 15) is 4.79 Å². The summed E-state index contributed by atoms with van der Waals surface area (Å²) in [6, 6.07) is 2.47. The maximum absolute atomic E-state index is 10.9. The number of hydrogen-bond acceptors (Lipinski definition) is 4. The van der Waals surface area contributed by atoms with Gasteiger partial charge >= 0.3 is 5.97 Å². The SMILES string of the molecule is COc1cc(C(C)(C)C(N)C(=O)O)ccn1. The van der Waals surface area contributed by atoms with Gasteiger partial charge in [-0.05, 0) is 11.6 Å². The quantitative estimate of drug-likeness (QED) is 0.789. The standard InChI is InChI=1S/C11H16N2O3/c1-11(2,9(12)10(14)15)7-4-5-13-8(6-7)16-3/h4-6,9H,12H2,1-3H3,(H,14,15). The molecule has 0 aromatic carbocycles. The van der Waals surface area contributed by atoms with Crippen molar-refractivity contribution in [2.24, 2.45) is 5.73 Å². The Morgan fingerprint density at radius 3 is 2.75 bits per heavy atom. The van der Waals surface area contributed by atoms with Crippen molar-refractivity contribution >= 4 is 5.97 Å². The highest BCUT2D eigenvalue weighted by Gasteiger charge is 2.34. The largest absolute Gasteiger partial charge is 0.481 e. The first kappa shape index (κ1) is 12.4. The zero-order valence-corrected chi connectivity index (χ0v) is 9.60. The van der Waals surface area contributed by atoms with Crippen molar-refractivity contribution in [1.82, 2.24) is 4.98 Å². The lowest BCUT2D eigenvalue weighted by Gasteiger charge is -2.29. The van der Waals surface area contributed by atoms with Gasteiger partial charge in [0.25, 0.3) is 0 Å². The highest BCUT2D eigenvalue weighted by atomic mass is 16.5. The summed E-state index contributed by atoms with van der Waals surface area (Å²) in [6.45, 7) is 3.56. The third-order valence-electron chi connectivity index (χ3n) is 2.73. The third-order valence-corrected chi connectivity index (χ3v) is 2.73. The molecular weight excluding hydrogens is 208 g/mol. The Labute approximate surface area is 94.2 Å². The van der Waals surface area contributed by atoms with Crippen molar-refractivity contribution in [3.05, 3.63) is 23.9 Å². The molecular formula is C11H16N2O3. The first-order chi connectivity index (χ1) is 7.39. The Hall–Kier alpha value is -1.62. The lowest BCUT2D eigenvalue weighted by atomic mass is 9.78. The lowest BCUT2D eigenvalue weighted by molar-refractivity contribution is -0.140. The average molecular weight is 224 g/mol. The Bertz CT molecular complexity index is 391. The molecule has 0 fully saturated rings. The third kappa shape index (κ3) is 2.30. The number of aromatic nitrogens is 1. The maximum atomic E-state index is 10.9. The summed E-state index contributed by atoms with van der Waals surface area (Å²) >= 11 is 0. The summed E-state index contributed by atoms with van der Waals surface area (Å²) < 4.78 is 4.99. The second kappa shape index (κ2) is 4.49. The fourth-order valence-electron chi connectivity index (χ4n) is 1.41. The molecule has 1 atom stereocenters. The maximum Gasteiger partial charge on any atom is 0.321 e. The number of nitrogens with two attached hydrogens (primary N) is 1. The van der Waals surface area contributed by atoms with Crippen LogP contribution in [0, 0.1) is 0 Å². The number of rotatable bonds is 4. The van der Waals surface area contributed by atoms with Crippen molar-refractivity contribution in [2.75, 3.05) is 7.11 Å². The van der Waals surface area contributed by atoms with Crippen LogP contribution in [0.25, 0.3) is 0 Å². The summed E-state index contributed by atoms with van der Waals surface area (Å²) in [6.07, 6.45) is 1.57. The molecule has 0 aliphatic heterocycles. The Morgan fingerprint density at radius 1 is 1.62 bits per heavy atom. The Kier molecular flexibility index (Phi) is 3.49. The second-order valence-electron chi connectivity index (χ2n) is 4.12. The molecule has 0 aliphatic carbocycles. The molecule has 5 nitrogen and oxygen atoms in total. The number of ether oxygens (including phenoxy) is 1. The van der Waals surface area contributed by atoms with Gasteiger partial charge in [0.05, 0.1) is 7.11 Å². The molecule has 1 rings (SSSR count). The van der Waals surface area contributed by atoms with Gasteiger partial charge in [-0.25, -0.2) is 4.98 Å². The van der Waals surface area contributed by atoms with Crippen LogP contribution in [0.15, 0.2) is 18.3 Å². The van der Waals surface area contributed by atoms with Gasteiger partial charge < -0.3 is 15.6 Å². The van der Waals surface area contributed by atoms with Crippen LogP contribution < -0.4 is 10.5 Å². The predicted molar refractivity (Wildman–Crippen MR) is 59.4 cm³/mol. The molecule has 0 saturated carbocycles.